The highest BCUT2D eigenvalue weighted by Crippen LogP contribution is 2.28. The molecule has 0 unspecified atom stereocenters. The molecule has 1 saturated heterocycles. The Hall–Kier alpha value is -1.58. The van der Waals surface area contributed by atoms with E-state index in [2.05, 4.69) is 4.90 Å². The number of hydrogen-bond donors (Lipinski definition) is 0. The third-order valence-corrected chi connectivity index (χ3v) is 5.49. The van der Waals surface area contributed by atoms with Crippen LogP contribution in [0.1, 0.15) is 51.4 Å². The van der Waals surface area contributed by atoms with Gasteiger partial charge in [0.1, 0.15) is 11.6 Å². The Kier molecular flexibility index (Phi) is 6.11. The number of likely N-dealkylation sites (tertiary alicyclic amines) is 1. The van der Waals surface area contributed by atoms with Crippen LogP contribution >= 0.6 is 0 Å². The summed E-state index contributed by atoms with van der Waals surface area (Å²) in [6, 6.07) is 6.18. The summed E-state index contributed by atoms with van der Waals surface area (Å²) < 4.78 is 18.5. The molecule has 1 heterocycles. The van der Waals surface area contributed by atoms with Crippen LogP contribution in [-0.2, 0) is 4.79 Å². The zero-order valence-corrected chi connectivity index (χ0v) is 14.4. The second-order valence-corrected chi connectivity index (χ2v) is 7.19. The Bertz CT molecular complexity index is 517. The molecule has 3 rings (SSSR count). The van der Waals surface area contributed by atoms with Crippen molar-refractivity contribution in [3.63, 3.8) is 0 Å². The van der Waals surface area contributed by atoms with Gasteiger partial charge in [0.2, 0.25) is 5.91 Å². The molecule has 0 atom stereocenters. The largest absolute Gasteiger partial charge is 0.494 e. The van der Waals surface area contributed by atoms with E-state index in [0.29, 0.717) is 18.4 Å². The van der Waals surface area contributed by atoms with Gasteiger partial charge in [0.25, 0.3) is 0 Å². The highest BCUT2D eigenvalue weighted by atomic mass is 19.1. The van der Waals surface area contributed by atoms with Crippen LogP contribution in [0.15, 0.2) is 24.3 Å². The van der Waals surface area contributed by atoms with E-state index in [4.69, 9.17) is 4.74 Å². The summed E-state index contributed by atoms with van der Waals surface area (Å²) in [5.41, 5.74) is 0. The molecule has 2 aliphatic rings. The Labute approximate surface area is 144 Å². The molecule has 0 aromatic heterocycles. The lowest BCUT2D eigenvalue weighted by Gasteiger charge is -2.35. The molecule has 0 spiro atoms. The molecule has 132 valence electrons. The first-order valence-corrected chi connectivity index (χ1v) is 9.39. The van der Waals surface area contributed by atoms with Gasteiger partial charge in [-0.1, -0.05) is 19.3 Å². The summed E-state index contributed by atoms with van der Waals surface area (Å²) >= 11 is 0. The van der Waals surface area contributed by atoms with Crippen molar-refractivity contribution in [2.24, 2.45) is 11.8 Å². The van der Waals surface area contributed by atoms with Gasteiger partial charge in [-0.15, -0.1) is 0 Å². The lowest BCUT2D eigenvalue weighted by molar-refractivity contribution is -0.138. The fraction of sp³-hybridized carbons (Fsp3) is 0.650. The van der Waals surface area contributed by atoms with E-state index in [9.17, 15) is 9.18 Å². The molecule has 1 saturated carbocycles. The van der Waals surface area contributed by atoms with Crippen LogP contribution in [0.2, 0.25) is 0 Å². The average molecular weight is 333 g/mol. The van der Waals surface area contributed by atoms with Crippen molar-refractivity contribution < 1.29 is 13.9 Å². The molecule has 24 heavy (non-hydrogen) atoms. The van der Waals surface area contributed by atoms with E-state index in [1.807, 2.05) is 0 Å². The maximum absolute atomic E-state index is 12.8. The number of ether oxygens (including phenoxy) is 1. The Morgan fingerprint density at radius 3 is 2.38 bits per heavy atom. The molecule has 1 aliphatic carbocycles. The van der Waals surface area contributed by atoms with Crippen LogP contribution < -0.4 is 4.74 Å². The van der Waals surface area contributed by atoms with Crippen molar-refractivity contribution in [3.8, 4) is 5.75 Å². The molecule has 4 heteroatoms. The average Bonchev–Trinajstić information content (AvgIpc) is 2.64. The van der Waals surface area contributed by atoms with E-state index in [-0.39, 0.29) is 11.7 Å². The predicted molar refractivity (Wildman–Crippen MR) is 92.4 cm³/mol. The Balaban J connectivity index is 1.35. The van der Waals surface area contributed by atoms with Crippen LogP contribution in [0.3, 0.4) is 0 Å². The number of carbonyl (C=O) groups excluding carboxylic acids is 1. The molecule has 1 aliphatic heterocycles. The van der Waals surface area contributed by atoms with Crippen LogP contribution in [0, 0.1) is 17.7 Å². The zero-order valence-electron chi connectivity index (χ0n) is 14.4. The van der Waals surface area contributed by atoms with E-state index in [1.165, 1.54) is 31.4 Å². The van der Waals surface area contributed by atoms with Gasteiger partial charge >= 0.3 is 0 Å². The van der Waals surface area contributed by atoms with Crippen LogP contribution in [-0.4, -0.2) is 30.5 Å². The SMILES string of the molecule is O=C(C1CCCCC1)N1CCC(CCOc2ccc(F)cc2)CC1. The molecule has 1 aromatic carbocycles. The fourth-order valence-electron chi connectivity index (χ4n) is 3.92. The minimum absolute atomic E-state index is 0.239. The van der Waals surface area contributed by atoms with Gasteiger partial charge in [0.05, 0.1) is 6.61 Å². The molecule has 0 N–H and O–H groups in total. The van der Waals surface area contributed by atoms with Crippen molar-refractivity contribution in [1.82, 2.24) is 4.90 Å². The van der Waals surface area contributed by atoms with Crippen molar-refractivity contribution in [3.05, 3.63) is 30.1 Å². The number of piperidine rings is 1. The second-order valence-electron chi connectivity index (χ2n) is 7.19. The smallest absolute Gasteiger partial charge is 0.225 e. The van der Waals surface area contributed by atoms with E-state index in [1.54, 1.807) is 12.1 Å². The van der Waals surface area contributed by atoms with Crippen LogP contribution in [0.5, 0.6) is 5.75 Å². The van der Waals surface area contributed by atoms with Crippen LogP contribution in [0.25, 0.3) is 0 Å². The lowest BCUT2D eigenvalue weighted by Crippen LogP contribution is -2.42. The second kappa shape index (κ2) is 8.50. The highest BCUT2D eigenvalue weighted by Gasteiger charge is 2.28. The van der Waals surface area contributed by atoms with Gasteiger partial charge in [-0.25, -0.2) is 4.39 Å². The summed E-state index contributed by atoms with van der Waals surface area (Å²) in [5.74, 6) is 1.80. The number of benzene rings is 1. The number of rotatable bonds is 5. The van der Waals surface area contributed by atoms with Crippen molar-refractivity contribution >= 4 is 5.91 Å². The molecule has 1 amide bonds. The summed E-state index contributed by atoms with van der Waals surface area (Å²) in [7, 11) is 0. The minimum Gasteiger partial charge on any atom is -0.494 e. The molecule has 0 bridgehead atoms. The number of amides is 1. The van der Waals surface area contributed by atoms with Crippen molar-refractivity contribution in [2.45, 2.75) is 51.4 Å². The quantitative estimate of drug-likeness (QED) is 0.798. The van der Waals surface area contributed by atoms with Crippen molar-refractivity contribution in [1.29, 1.82) is 0 Å². The first-order chi connectivity index (χ1) is 11.7. The number of nitrogens with zero attached hydrogens (tertiary/aromatic N) is 1. The highest BCUT2D eigenvalue weighted by molar-refractivity contribution is 5.79. The molecule has 3 nitrogen and oxygen atoms in total. The number of halogens is 1. The fourth-order valence-corrected chi connectivity index (χ4v) is 3.92. The minimum atomic E-state index is -0.239. The molecular formula is C20H28FNO2. The first-order valence-electron chi connectivity index (χ1n) is 9.39. The van der Waals surface area contributed by atoms with Gasteiger partial charge in [-0.2, -0.15) is 0 Å². The molecule has 0 radical (unpaired) electrons. The summed E-state index contributed by atoms with van der Waals surface area (Å²) in [4.78, 5) is 14.6. The molecule has 2 fully saturated rings. The van der Waals surface area contributed by atoms with Gasteiger partial charge in [-0.05, 0) is 62.3 Å². The van der Waals surface area contributed by atoms with Gasteiger partial charge in [0, 0.05) is 19.0 Å². The molecule has 1 aromatic rings. The normalized spacial score (nSPS) is 20.1. The number of hydrogen-bond acceptors (Lipinski definition) is 2. The Morgan fingerprint density at radius 2 is 1.71 bits per heavy atom. The van der Waals surface area contributed by atoms with Gasteiger partial charge < -0.3 is 9.64 Å². The monoisotopic (exact) mass is 333 g/mol. The number of carbonyl (C=O) groups is 1. The zero-order chi connectivity index (χ0) is 16.8. The maximum atomic E-state index is 12.8. The standard InChI is InChI=1S/C20H28FNO2/c21-18-6-8-19(9-7-18)24-15-12-16-10-13-22(14-11-16)20(23)17-4-2-1-3-5-17/h6-9,16-17H,1-5,10-15H2. The topological polar surface area (TPSA) is 29.5 Å². The predicted octanol–water partition coefficient (Wildman–Crippen LogP) is 4.41. The maximum Gasteiger partial charge on any atom is 0.225 e. The Morgan fingerprint density at radius 1 is 1.04 bits per heavy atom. The van der Waals surface area contributed by atoms with Crippen molar-refractivity contribution in [2.75, 3.05) is 19.7 Å². The third-order valence-electron chi connectivity index (χ3n) is 5.49. The van der Waals surface area contributed by atoms with E-state index in [0.717, 1.165) is 50.9 Å². The van der Waals surface area contributed by atoms with Crippen LogP contribution in [0.4, 0.5) is 4.39 Å². The first kappa shape index (κ1) is 17.2. The summed E-state index contributed by atoms with van der Waals surface area (Å²) in [6.07, 6.45) is 9.05. The summed E-state index contributed by atoms with van der Waals surface area (Å²) in [6.45, 7) is 2.46. The van der Waals surface area contributed by atoms with E-state index >= 15 is 0 Å². The van der Waals surface area contributed by atoms with Gasteiger partial charge in [-0.3, -0.25) is 4.79 Å². The molecular weight excluding hydrogens is 305 g/mol. The van der Waals surface area contributed by atoms with Gasteiger partial charge in [0.15, 0.2) is 0 Å². The summed E-state index contributed by atoms with van der Waals surface area (Å²) in [5, 5.41) is 0. The van der Waals surface area contributed by atoms with E-state index < -0.39 is 0 Å². The lowest BCUT2D eigenvalue weighted by atomic mass is 9.87. The third kappa shape index (κ3) is 4.71.